The van der Waals surface area contributed by atoms with Crippen molar-refractivity contribution in [1.82, 2.24) is 31.1 Å². The number of nitrogens with one attached hydrogen (secondary N) is 4. The van der Waals surface area contributed by atoms with Crippen LogP contribution in [-0.2, 0) is 60.6 Å². The van der Waals surface area contributed by atoms with Crippen LogP contribution in [0.15, 0.2) is 66.3 Å². The van der Waals surface area contributed by atoms with E-state index in [-0.39, 0.29) is 67.1 Å². The minimum atomic E-state index is -1.90. The van der Waals surface area contributed by atoms with Crippen LogP contribution in [0.5, 0.6) is 5.75 Å². The number of hydrogen-bond donors (Lipinski definition) is 6. The number of carbonyl (C=O) groups excluding carboxylic acids is 9. The summed E-state index contributed by atoms with van der Waals surface area (Å²) in [6.07, 6.45) is 5.32. The molecule has 2 saturated heterocycles. The third-order valence-electron chi connectivity index (χ3n) is 16.4. The number of epoxide rings is 1. The number of nitrogens with zero attached hydrogens (tertiary/aromatic N) is 3. The number of imide groups is 1. The molecule has 0 aromatic heterocycles. The van der Waals surface area contributed by atoms with Gasteiger partial charge in [-0.05, 0) is 107 Å². The largest absolute Gasteiger partial charge is 0.496 e. The second kappa shape index (κ2) is 30.1. The molecule has 4 aliphatic heterocycles. The van der Waals surface area contributed by atoms with Crippen LogP contribution in [0, 0.1) is 18.8 Å². The van der Waals surface area contributed by atoms with Crippen molar-refractivity contribution in [1.29, 1.82) is 0 Å². The number of alkyl carbamates (subject to hydrolysis) is 1. The lowest BCUT2D eigenvalue weighted by Gasteiger charge is -2.42. The average Bonchev–Trinajstić information content (AvgIpc) is 1.65. The Kier molecular flexibility index (Phi) is 23.8. The summed E-state index contributed by atoms with van der Waals surface area (Å²) in [7, 11) is 5.72. The summed E-state index contributed by atoms with van der Waals surface area (Å²) >= 11 is 12.5. The molecule has 0 saturated carbocycles. The van der Waals surface area contributed by atoms with E-state index >= 15 is 0 Å². The van der Waals surface area contributed by atoms with Crippen molar-refractivity contribution in [3.63, 3.8) is 0 Å². The number of benzene rings is 2. The van der Waals surface area contributed by atoms with Crippen LogP contribution in [0.4, 0.5) is 15.3 Å². The standard InChI is InChI=1S/C62H83ClN8O15S/c1-34(2)54(67-49(87)20-13-12-14-26-71-50(73)23-24-51(71)74)56(76)66-42(18-16-25-65-59(64)79)44(72)30-39-21-22-41(45(31-39)82-10)57(77)69(8)38(6)58(78)85-48-32-52(75)70(9)43-29-40(28-36(4)53(43)63)27-35(3)17-15-19-47(83-11)62(81)33-46(84-60(80)68-62)37(5)55-61(48,7)86-55/h15,17,19,21-24,28-29,31,34,37-38,42,46-48,54-55,81H,12-14,16,18,20,25-27,30,32-33H2,1-11H3,(H,66,76)(H,67,87)(H,68,80)(H3,64,65,79)/b19-15+,35-17+/t37-,38+,42+,46+,47-,48+,54+,55+,61+,62+/m1/s1. The van der Waals surface area contributed by atoms with E-state index in [1.807, 2.05) is 45.9 Å². The highest BCUT2D eigenvalue weighted by Crippen LogP contribution is 2.49. The number of carbonyl (C=O) groups is 9. The van der Waals surface area contributed by atoms with E-state index in [4.69, 9.17) is 53.2 Å². The second-order valence-electron chi connectivity index (χ2n) is 23.4. The molecule has 4 bridgehead atoms. The Balaban J connectivity index is 1.17. The molecule has 0 unspecified atom stereocenters. The average molecular weight is 1250 g/mol. The molecule has 2 aromatic rings. The summed E-state index contributed by atoms with van der Waals surface area (Å²) in [4.78, 5) is 124. The molecule has 474 valence electrons. The van der Waals surface area contributed by atoms with E-state index in [1.54, 1.807) is 39.1 Å². The SMILES string of the molecule is COc1cc(CC(=O)[C@H](CCCNC(N)=O)NC(=O)[C@@H](NC(=S)CCCCCN2C(=O)C=CC2=O)C(C)C)ccc1C(=O)N(C)[C@@H](C)C(=O)O[C@H]1CC(=O)N(C)c2cc(cc(C)c2Cl)C/C(C)=C/C=C/[C@@H](OC)[C@@]2(O)C[C@H](OC(=O)N2)[C@@H](C)[C@@H]2O[C@@]12C. The number of amides is 8. The number of fused-ring (bicyclic) bond motifs is 5. The summed E-state index contributed by atoms with van der Waals surface area (Å²) in [5.74, 6) is -4.39. The molecule has 87 heavy (non-hydrogen) atoms. The van der Waals surface area contributed by atoms with Crippen LogP contribution in [0.3, 0.4) is 0 Å². The van der Waals surface area contributed by atoms with Crippen LogP contribution < -0.4 is 36.6 Å². The summed E-state index contributed by atoms with van der Waals surface area (Å²) in [6, 6.07) is 4.39. The van der Waals surface area contributed by atoms with E-state index in [2.05, 4.69) is 21.3 Å². The van der Waals surface area contributed by atoms with Gasteiger partial charge < -0.3 is 60.3 Å². The Labute approximate surface area is 518 Å². The van der Waals surface area contributed by atoms with Crippen LogP contribution in [0.2, 0.25) is 5.02 Å². The number of primary amides is 1. The van der Waals surface area contributed by atoms with Crippen LogP contribution >= 0.6 is 23.8 Å². The predicted molar refractivity (Wildman–Crippen MR) is 328 cm³/mol. The van der Waals surface area contributed by atoms with Crippen molar-refractivity contribution in [2.45, 2.75) is 167 Å². The molecule has 0 aliphatic carbocycles. The molecule has 2 fully saturated rings. The number of ketones is 1. The molecule has 7 N–H and O–H groups in total. The van der Waals surface area contributed by atoms with Gasteiger partial charge in [-0.15, -0.1) is 0 Å². The normalized spacial score (nSPS) is 24.9. The Hall–Kier alpha value is -7.25. The maximum Gasteiger partial charge on any atom is 0.409 e. The highest BCUT2D eigenvalue weighted by Gasteiger charge is 2.64. The van der Waals surface area contributed by atoms with E-state index in [1.165, 1.54) is 62.3 Å². The minimum absolute atomic E-state index is 0.0343. The number of halogens is 1. The third kappa shape index (κ3) is 17.5. The van der Waals surface area contributed by atoms with Gasteiger partial charge in [0.2, 0.25) is 11.8 Å². The highest BCUT2D eigenvalue weighted by molar-refractivity contribution is 7.80. The van der Waals surface area contributed by atoms with Crippen molar-refractivity contribution in [3.05, 3.63) is 93.6 Å². The number of ether oxygens (including phenoxy) is 5. The van der Waals surface area contributed by atoms with Gasteiger partial charge in [-0.1, -0.05) is 86.9 Å². The monoisotopic (exact) mass is 1250 g/mol. The van der Waals surface area contributed by atoms with Gasteiger partial charge in [-0.3, -0.25) is 39.0 Å². The first-order chi connectivity index (χ1) is 41.0. The first kappa shape index (κ1) is 68.9. The molecule has 0 radical (unpaired) electrons. The van der Waals surface area contributed by atoms with Gasteiger partial charge in [-0.25, -0.2) is 14.4 Å². The number of esters is 1. The van der Waals surface area contributed by atoms with Crippen LogP contribution in [0.25, 0.3) is 0 Å². The van der Waals surface area contributed by atoms with Crippen LogP contribution in [0.1, 0.15) is 120 Å². The van der Waals surface area contributed by atoms with E-state index in [0.29, 0.717) is 59.9 Å². The molecular weight excluding hydrogens is 1160 g/mol. The van der Waals surface area contributed by atoms with Gasteiger partial charge in [0.25, 0.3) is 17.7 Å². The first-order valence-electron chi connectivity index (χ1n) is 29.2. The number of methoxy groups -OCH3 is 2. The molecule has 8 amide bonds. The quantitative estimate of drug-likeness (QED) is 0.0259. The number of Topliss-reactive ketones (excluding diaryl/α,β-unsaturated/α-hetero) is 1. The number of likely N-dealkylation sites (N-methyl/N-ethyl adjacent to an activating group) is 1. The zero-order chi connectivity index (χ0) is 64.2. The van der Waals surface area contributed by atoms with Gasteiger partial charge in [-0.2, -0.15) is 0 Å². The molecule has 6 rings (SSSR count). The number of urea groups is 1. The molecule has 2 aromatic carbocycles. The van der Waals surface area contributed by atoms with E-state index in [9.17, 15) is 48.3 Å². The van der Waals surface area contributed by atoms with Gasteiger partial charge in [0.05, 0.1) is 46.9 Å². The number of thiocarbonyl (C=S) groups is 1. The van der Waals surface area contributed by atoms with Gasteiger partial charge >= 0.3 is 18.1 Å². The molecule has 23 nitrogen and oxygen atoms in total. The topological polar surface area (TPSA) is 307 Å². The number of hydrogen-bond acceptors (Lipinski definition) is 16. The number of unbranched alkanes of at least 4 members (excludes halogenated alkanes) is 2. The number of anilines is 1. The van der Waals surface area contributed by atoms with E-state index < -0.39 is 102 Å². The molecule has 4 heterocycles. The zero-order valence-electron chi connectivity index (χ0n) is 51.3. The number of aryl methyl sites for hydroxylation is 1. The fourth-order valence-corrected chi connectivity index (χ4v) is 11.5. The first-order valence-corrected chi connectivity index (χ1v) is 30.0. The molecule has 10 atom stereocenters. The summed E-state index contributed by atoms with van der Waals surface area (Å²) in [6.45, 7) is 12.7. The fourth-order valence-electron chi connectivity index (χ4n) is 11.0. The lowest BCUT2D eigenvalue weighted by Crippen LogP contribution is -2.63. The molecule has 25 heteroatoms. The molecular formula is C62H83ClN8O15S. The number of aliphatic hydroxyl groups is 1. The van der Waals surface area contributed by atoms with Gasteiger partial charge in [0, 0.05) is 65.2 Å². The van der Waals surface area contributed by atoms with Crippen molar-refractivity contribution >= 4 is 87.9 Å². The van der Waals surface area contributed by atoms with E-state index in [0.717, 1.165) is 21.6 Å². The number of allylic oxidation sites excluding steroid dienone is 3. The summed E-state index contributed by atoms with van der Waals surface area (Å²) in [5.41, 5.74) is 5.41. The van der Waals surface area contributed by atoms with Gasteiger partial charge in [0.15, 0.2) is 11.5 Å². The lowest BCUT2D eigenvalue weighted by molar-refractivity contribution is -0.158. The third-order valence-corrected chi connectivity index (χ3v) is 17.3. The zero-order valence-corrected chi connectivity index (χ0v) is 52.9. The summed E-state index contributed by atoms with van der Waals surface area (Å²) < 4.78 is 29.7. The van der Waals surface area contributed by atoms with Gasteiger partial charge in [0.1, 0.15) is 41.7 Å². The predicted octanol–water partition coefficient (Wildman–Crippen LogP) is 5.61. The molecule has 0 spiro atoms. The molecule has 4 aliphatic rings. The maximum absolute atomic E-state index is 14.5. The second-order valence-corrected chi connectivity index (χ2v) is 24.2. The Morgan fingerprint density at radius 2 is 1.70 bits per heavy atom. The van der Waals surface area contributed by atoms with Crippen molar-refractivity contribution < 1.29 is 71.9 Å². The Bertz CT molecular complexity index is 3050. The van der Waals surface area contributed by atoms with Crippen molar-refractivity contribution in [2.24, 2.45) is 17.6 Å². The lowest BCUT2D eigenvalue weighted by atomic mass is 9.83. The maximum atomic E-state index is 14.5. The van der Waals surface area contributed by atoms with Crippen LogP contribution in [-0.4, -0.2) is 169 Å². The fraction of sp³-hybridized carbons (Fsp3) is 0.548. The highest BCUT2D eigenvalue weighted by atomic mass is 35.5. The Morgan fingerprint density at radius 1 is 1.00 bits per heavy atom. The summed E-state index contributed by atoms with van der Waals surface area (Å²) in [5, 5.41) is 23.3. The number of nitrogens with two attached hydrogens (primary N) is 1. The minimum Gasteiger partial charge on any atom is -0.496 e. The van der Waals surface area contributed by atoms with Crippen molar-refractivity contribution in [2.75, 3.05) is 46.3 Å². The Morgan fingerprint density at radius 3 is 2.36 bits per heavy atom. The van der Waals surface area contributed by atoms with Crippen molar-refractivity contribution in [3.8, 4) is 5.75 Å². The number of rotatable bonds is 23. The smallest absolute Gasteiger partial charge is 0.409 e.